The highest BCUT2D eigenvalue weighted by Gasteiger charge is 2.29. The van der Waals surface area contributed by atoms with E-state index in [0.29, 0.717) is 0 Å². The number of hydrogen-bond donors (Lipinski definition) is 0. The van der Waals surface area contributed by atoms with Gasteiger partial charge in [0.2, 0.25) is 0 Å². The minimum Gasteiger partial charge on any atom is -0.457 e. The Morgan fingerprint density at radius 2 is 1.25 bits per heavy atom. The lowest BCUT2D eigenvalue weighted by atomic mass is 9.88. The number of fused-ring (bicyclic) bond motifs is 13. The van der Waals surface area contributed by atoms with E-state index < -0.39 is 0 Å². The first-order chi connectivity index (χ1) is 31.4. The van der Waals surface area contributed by atoms with E-state index in [-0.39, 0.29) is 5.41 Å². The fourth-order valence-corrected chi connectivity index (χ4v) is 10.2. The number of nitrogens with zero attached hydrogens (tertiary/aromatic N) is 5. The second-order valence-electron chi connectivity index (χ2n) is 17.9. The van der Waals surface area contributed by atoms with E-state index in [4.69, 9.17) is 9.72 Å². The molecule has 6 nitrogen and oxygen atoms in total. The van der Waals surface area contributed by atoms with Crippen LogP contribution in [0.2, 0.25) is 0 Å². The van der Waals surface area contributed by atoms with Crippen molar-refractivity contribution in [2.75, 3.05) is 0 Å². The molecule has 64 heavy (non-hydrogen) atoms. The number of hydrogen-bond acceptors (Lipinski definition) is 2. The van der Waals surface area contributed by atoms with Crippen LogP contribution < -0.4 is 9.30 Å². The Morgan fingerprint density at radius 3 is 2.12 bits per heavy atom. The largest absolute Gasteiger partial charge is 0.457 e. The average molecular weight is 825 g/mol. The lowest BCUT2D eigenvalue weighted by Crippen LogP contribution is -2.28. The molecule has 0 N–H and O–H groups in total. The molecule has 0 saturated heterocycles. The highest BCUT2D eigenvalue weighted by atomic mass is 16.5. The van der Waals surface area contributed by atoms with Crippen LogP contribution in [-0.4, -0.2) is 18.7 Å². The van der Waals surface area contributed by atoms with Gasteiger partial charge in [-0.25, -0.2) is 4.98 Å². The number of para-hydroxylation sites is 5. The van der Waals surface area contributed by atoms with Crippen molar-refractivity contribution < 1.29 is 9.30 Å². The monoisotopic (exact) mass is 824 g/mol. The second kappa shape index (κ2) is 13.6. The van der Waals surface area contributed by atoms with Crippen molar-refractivity contribution in [3.63, 3.8) is 0 Å². The van der Waals surface area contributed by atoms with Crippen LogP contribution in [0.4, 0.5) is 0 Å². The summed E-state index contributed by atoms with van der Waals surface area (Å²) in [5.74, 6) is 2.37. The highest BCUT2D eigenvalue weighted by Crippen LogP contribution is 2.51. The Morgan fingerprint density at radius 1 is 0.516 bits per heavy atom. The van der Waals surface area contributed by atoms with Gasteiger partial charge in [0.25, 0.3) is 6.33 Å². The van der Waals surface area contributed by atoms with E-state index >= 15 is 0 Å². The summed E-state index contributed by atoms with van der Waals surface area (Å²) in [6, 6.07) is 67.3. The van der Waals surface area contributed by atoms with Crippen molar-refractivity contribution in [1.29, 1.82) is 0 Å². The maximum absolute atomic E-state index is 6.87. The van der Waals surface area contributed by atoms with Crippen molar-refractivity contribution in [2.45, 2.75) is 26.2 Å². The molecule has 1 aliphatic heterocycles. The molecular weight excluding hydrogens is 783 g/mol. The Balaban J connectivity index is 1.03. The molecule has 0 unspecified atom stereocenters. The molecular formula is C58H42N5O+. The highest BCUT2D eigenvalue weighted by molar-refractivity contribution is 6.22. The number of ether oxygens (including phenoxy) is 1. The number of rotatable bonds is 5. The molecule has 4 aromatic heterocycles. The molecule has 6 heteroatoms. The van der Waals surface area contributed by atoms with Crippen LogP contribution in [-0.2, 0) is 5.41 Å². The molecule has 13 rings (SSSR count). The molecule has 5 heterocycles. The van der Waals surface area contributed by atoms with Gasteiger partial charge in [0.05, 0.1) is 27.8 Å². The predicted octanol–water partition coefficient (Wildman–Crippen LogP) is 14.2. The van der Waals surface area contributed by atoms with Gasteiger partial charge in [-0.05, 0) is 101 Å². The van der Waals surface area contributed by atoms with Gasteiger partial charge in [0.15, 0.2) is 11.0 Å². The van der Waals surface area contributed by atoms with Crippen LogP contribution in [0.15, 0.2) is 201 Å². The van der Waals surface area contributed by atoms with Crippen molar-refractivity contribution >= 4 is 54.6 Å². The summed E-state index contributed by atoms with van der Waals surface area (Å²) >= 11 is 0. The van der Waals surface area contributed by atoms with Gasteiger partial charge in [0, 0.05) is 51.0 Å². The van der Waals surface area contributed by atoms with Gasteiger partial charge in [-0.3, -0.25) is 4.57 Å². The molecule has 0 radical (unpaired) electrons. The maximum atomic E-state index is 6.87. The van der Waals surface area contributed by atoms with Gasteiger partial charge in [-0.1, -0.05) is 118 Å². The van der Waals surface area contributed by atoms with E-state index in [0.717, 1.165) is 61.8 Å². The van der Waals surface area contributed by atoms with Crippen LogP contribution in [0.25, 0.3) is 99.8 Å². The van der Waals surface area contributed by atoms with Crippen LogP contribution in [0.5, 0.6) is 11.5 Å². The zero-order chi connectivity index (χ0) is 42.7. The molecule has 0 amide bonds. The van der Waals surface area contributed by atoms with Gasteiger partial charge in [-0.2, -0.15) is 9.13 Å². The van der Waals surface area contributed by atoms with Crippen molar-refractivity contribution in [2.24, 2.45) is 0 Å². The van der Waals surface area contributed by atoms with Crippen molar-refractivity contribution in [3.8, 4) is 56.6 Å². The molecule has 0 bridgehead atoms. The third-order valence-electron chi connectivity index (χ3n) is 13.1. The normalized spacial score (nSPS) is 12.3. The minimum absolute atomic E-state index is 0.0657. The fourth-order valence-electron chi connectivity index (χ4n) is 10.2. The first kappa shape index (κ1) is 36.4. The second-order valence-corrected chi connectivity index (χ2v) is 17.9. The van der Waals surface area contributed by atoms with Gasteiger partial charge in [-0.15, -0.1) is 0 Å². The maximum Gasteiger partial charge on any atom is 0.255 e. The molecule has 0 aliphatic carbocycles. The third kappa shape index (κ3) is 5.39. The van der Waals surface area contributed by atoms with Crippen LogP contribution >= 0.6 is 0 Å². The number of aromatic nitrogens is 5. The van der Waals surface area contributed by atoms with Crippen molar-refractivity contribution in [3.05, 3.63) is 206 Å². The smallest absolute Gasteiger partial charge is 0.255 e. The average Bonchev–Trinajstić information content (AvgIpc) is 3.97. The molecule has 0 saturated carbocycles. The number of benzene rings is 8. The molecule has 0 spiro atoms. The molecule has 0 atom stereocenters. The summed E-state index contributed by atoms with van der Waals surface area (Å²) in [5.41, 5.74) is 16.1. The first-order valence-electron chi connectivity index (χ1n) is 21.9. The standard InChI is InChI=1S/C58H42N5O/c1-58(2,3)37-31-32-59-54(33-37)62-51-29-30-52-55(44-21-8-7-19-42(44)45-22-14-23-46-43-20-9-10-24-48(43)63(52)57(45)46)56(51)47-28-27-41(35-53(47)62)64-40-18-13-17-39(34-40)61-36-60(38-15-5-4-6-16-38)49-25-11-12-26-50(49)61/h4-36H,1-3H3/q+1. The Kier molecular flexibility index (Phi) is 7.76. The molecule has 0 fully saturated rings. The lowest BCUT2D eigenvalue weighted by Gasteiger charge is -2.20. The predicted molar refractivity (Wildman–Crippen MR) is 261 cm³/mol. The number of pyridine rings is 1. The summed E-state index contributed by atoms with van der Waals surface area (Å²) in [7, 11) is 0. The summed E-state index contributed by atoms with van der Waals surface area (Å²) in [6.07, 6.45) is 4.10. The van der Waals surface area contributed by atoms with E-state index in [1.54, 1.807) is 0 Å². The lowest BCUT2D eigenvalue weighted by molar-refractivity contribution is -0.567. The van der Waals surface area contributed by atoms with E-state index in [9.17, 15) is 0 Å². The topological polar surface area (TPSA) is 40.8 Å². The van der Waals surface area contributed by atoms with Crippen LogP contribution in [0.3, 0.4) is 0 Å². The summed E-state index contributed by atoms with van der Waals surface area (Å²) in [6.45, 7) is 6.77. The minimum atomic E-state index is -0.0657. The SMILES string of the molecule is CC(C)(C)c1ccnc(-n2c3cc(Oc4cccc(-n5c[n+](-c6ccccc6)c6ccccc65)c4)ccc3c3c4c(ccc32)-n2c3ccccc3c3cccc(c32)-c2ccccc2-4)c1. The fraction of sp³-hybridized carbons (Fsp3) is 0.0690. The van der Waals surface area contributed by atoms with E-state index in [1.165, 1.54) is 55.0 Å². The summed E-state index contributed by atoms with van der Waals surface area (Å²) in [5, 5.41) is 4.82. The van der Waals surface area contributed by atoms with E-state index in [2.05, 4.69) is 227 Å². The first-order valence-corrected chi connectivity index (χ1v) is 21.9. The Labute approximate surface area is 370 Å². The van der Waals surface area contributed by atoms with Gasteiger partial charge in [0.1, 0.15) is 28.7 Å². The quantitative estimate of drug-likeness (QED) is 0.162. The molecule has 1 aliphatic rings. The third-order valence-corrected chi connectivity index (χ3v) is 13.1. The summed E-state index contributed by atoms with van der Waals surface area (Å²) in [4.78, 5) is 5.09. The zero-order valence-corrected chi connectivity index (χ0v) is 35.7. The summed E-state index contributed by atoms with van der Waals surface area (Å²) < 4.78 is 16.2. The number of imidazole rings is 1. The Hall–Kier alpha value is -8.22. The van der Waals surface area contributed by atoms with E-state index in [1.807, 2.05) is 12.3 Å². The molecule has 8 aromatic carbocycles. The van der Waals surface area contributed by atoms with Gasteiger partial charge >= 0.3 is 0 Å². The van der Waals surface area contributed by atoms with Crippen LogP contribution in [0.1, 0.15) is 26.3 Å². The van der Waals surface area contributed by atoms with Crippen LogP contribution in [0, 0.1) is 0 Å². The Bertz CT molecular complexity index is 3860. The van der Waals surface area contributed by atoms with Gasteiger partial charge < -0.3 is 9.30 Å². The van der Waals surface area contributed by atoms with Crippen molar-refractivity contribution in [1.82, 2.24) is 18.7 Å². The zero-order valence-electron chi connectivity index (χ0n) is 35.7. The molecule has 12 aromatic rings. The molecule has 304 valence electrons.